The second kappa shape index (κ2) is 21.2. The van der Waals surface area contributed by atoms with E-state index in [4.69, 9.17) is 9.97 Å². The summed E-state index contributed by atoms with van der Waals surface area (Å²) in [5.74, 6) is 0.671. The minimum atomic E-state index is -0.177. The fourth-order valence-corrected chi connectivity index (χ4v) is 14.7. The maximum absolute atomic E-state index is 5.94. The largest absolute Gasteiger partial charge is 0.311 e. The quantitative estimate of drug-likeness (QED) is 0.123. The molecule has 16 rings (SSSR count). The zero-order valence-electron chi connectivity index (χ0n) is 55.5. The van der Waals surface area contributed by atoms with Gasteiger partial charge in [-0.15, -0.1) is 0 Å². The van der Waals surface area contributed by atoms with Crippen molar-refractivity contribution in [3.8, 4) is 44.9 Å². The molecule has 3 heterocycles. The van der Waals surface area contributed by atoms with Gasteiger partial charge in [-0.25, -0.2) is 9.97 Å². The summed E-state index contributed by atoms with van der Waals surface area (Å²) in [5.41, 5.74) is 23.5. The number of anilines is 6. The van der Waals surface area contributed by atoms with Gasteiger partial charge in [0.15, 0.2) is 5.82 Å². The highest BCUT2D eigenvalue weighted by atomic mass is 15.2. The third-order valence-electron chi connectivity index (χ3n) is 19.9. The topological polar surface area (TPSA) is 32.3 Å². The van der Waals surface area contributed by atoms with Crippen molar-refractivity contribution in [2.75, 3.05) is 9.80 Å². The molecular weight excluding hydrogens is 1120 g/mol. The molecule has 0 amide bonds. The zero-order valence-corrected chi connectivity index (χ0v) is 55.5. The number of rotatable bonds is 6. The van der Waals surface area contributed by atoms with Gasteiger partial charge in [-0.2, -0.15) is 0 Å². The standard InChI is InChI=1S/C88H77BN4/c1-85(2,3)64-46-65(86(4,5)6)49-68(48-64)92-78-52-73-58(37-35-56-29-19-21-31-70(56)73)42-75(78)89-76-43-59-38-36-57-30-20-22-32-71(57)74(59)53-79(76)93(69-50-66(87(7,8)9)47-67(51-69)88(10,11)12)81-45-62(44-80(92)82(81)89)83-72-33-23-24-34-77(72)90-84(91-83)63-40-60(54-25-15-13-16-26-54)39-61(41-63)55-27-17-14-18-28-55/h13-53H,1-12H3. The van der Waals surface area contributed by atoms with Gasteiger partial charge in [0.1, 0.15) is 0 Å². The van der Waals surface area contributed by atoms with E-state index in [1.165, 1.54) is 93.1 Å². The molecule has 14 aromatic rings. The molecule has 0 radical (unpaired) electrons. The van der Waals surface area contributed by atoms with Gasteiger partial charge in [0.25, 0.3) is 6.71 Å². The summed E-state index contributed by atoms with van der Waals surface area (Å²) in [6.07, 6.45) is 0. The van der Waals surface area contributed by atoms with E-state index in [9.17, 15) is 0 Å². The Morgan fingerprint density at radius 1 is 0.280 bits per heavy atom. The van der Waals surface area contributed by atoms with Crippen molar-refractivity contribution in [1.29, 1.82) is 0 Å². The molecule has 0 saturated heterocycles. The Balaban J connectivity index is 1.08. The average molecular weight is 1200 g/mol. The molecule has 0 N–H and O–H groups in total. The van der Waals surface area contributed by atoms with Gasteiger partial charge in [0, 0.05) is 50.6 Å². The van der Waals surface area contributed by atoms with Crippen LogP contribution in [-0.2, 0) is 21.7 Å². The van der Waals surface area contributed by atoms with E-state index in [1.54, 1.807) is 0 Å². The number of hydrogen-bond donors (Lipinski definition) is 0. The third kappa shape index (κ3) is 9.98. The monoisotopic (exact) mass is 1200 g/mol. The molecule has 13 aromatic carbocycles. The second-order valence-corrected chi connectivity index (χ2v) is 30.4. The maximum Gasteiger partial charge on any atom is 0.252 e. The van der Waals surface area contributed by atoms with Gasteiger partial charge in [-0.05, 0) is 198 Å². The molecule has 93 heavy (non-hydrogen) atoms. The van der Waals surface area contributed by atoms with Crippen LogP contribution in [0, 0.1) is 0 Å². The Bertz CT molecular complexity index is 5030. The minimum Gasteiger partial charge on any atom is -0.311 e. The number of aromatic nitrogens is 2. The maximum atomic E-state index is 5.94. The lowest BCUT2D eigenvalue weighted by molar-refractivity contribution is 0.568. The van der Waals surface area contributed by atoms with Crippen molar-refractivity contribution >= 4 is 111 Å². The van der Waals surface area contributed by atoms with E-state index in [0.29, 0.717) is 5.82 Å². The van der Waals surface area contributed by atoms with Crippen LogP contribution in [0.4, 0.5) is 34.1 Å². The van der Waals surface area contributed by atoms with E-state index < -0.39 is 0 Å². The number of benzene rings is 13. The lowest BCUT2D eigenvalue weighted by Crippen LogP contribution is -2.61. The van der Waals surface area contributed by atoms with Crippen LogP contribution < -0.4 is 26.2 Å². The molecule has 4 nitrogen and oxygen atoms in total. The first-order valence-corrected chi connectivity index (χ1v) is 33.1. The summed E-state index contributed by atoms with van der Waals surface area (Å²) < 4.78 is 0. The summed E-state index contributed by atoms with van der Waals surface area (Å²) in [6, 6.07) is 94.1. The van der Waals surface area contributed by atoms with Crippen molar-refractivity contribution in [3.05, 3.63) is 271 Å². The Morgan fingerprint density at radius 2 is 0.667 bits per heavy atom. The molecule has 0 unspecified atom stereocenters. The molecule has 0 bridgehead atoms. The first-order chi connectivity index (χ1) is 44.6. The normalized spacial score (nSPS) is 13.3. The lowest BCUT2D eigenvalue weighted by atomic mass is 9.33. The van der Waals surface area contributed by atoms with Crippen LogP contribution in [0.3, 0.4) is 0 Å². The zero-order chi connectivity index (χ0) is 64.0. The lowest BCUT2D eigenvalue weighted by Gasteiger charge is -2.45. The number of fused-ring (bicyclic) bond motifs is 11. The van der Waals surface area contributed by atoms with Crippen LogP contribution in [0.15, 0.2) is 249 Å². The molecule has 5 heteroatoms. The van der Waals surface area contributed by atoms with Crippen LogP contribution in [0.2, 0.25) is 0 Å². The average Bonchev–Trinajstić information content (AvgIpc) is 0.688. The van der Waals surface area contributed by atoms with E-state index in [0.717, 1.165) is 72.7 Å². The van der Waals surface area contributed by atoms with Crippen LogP contribution in [0.1, 0.15) is 105 Å². The molecule has 0 saturated carbocycles. The van der Waals surface area contributed by atoms with Crippen molar-refractivity contribution < 1.29 is 0 Å². The minimum absolute atomic E-state index is 0.156. The highest BCUT2D eigenvalue weighted by Gasteiger charge is 2.45. The SMILES string of the molecule is CC(C)(C)c1cc(N2c3cc4c(ccc5ccccc54)cc3B3c4cc5ccc6ccccc6c5cc4N(c4cc(C(C)(C)C)cc(C(C)(C)C)c4)c4cc(-c5nc(-c6cc(-c7ccccc7)cc(-c7ccccc7)c6)nc6ccccc56)cc2c43)cc(C(C)(C)C)c1. The molecule has 452 valence electrons. The van der Waals surface area contributed by atoms with Gasteiger partial charge in [0.05, 0.1) is 11.2 Å². The van der Waals surface area contributed by atoms with E-state index in [2.05, 4.69) is 342 Å². The predicted molar refractivity (Wildman–Crippen MR) is 400 cm³/mol. The molecule has 1 aromatic heterocycles. The van der Waals surface area contributed by atoms with Crippen molar-refractivity contribution in [3.63, 3.8) is 0 Å². The summed E-state index contributed by atoms with van der Waals surface area (Å²) in [6.45, 7) is 28.1. The molecule has 2 aliphatic heterocycles. The van der Waals surface area contributed by atoms with Gasteiger partial charge >= 0.3 is 0 Å². The molecule has 0 atom stereocenters. The Kier molecular flexibility index (Phi) is 13.2. The van der Waals surface area contributed by atoms with Gasteiger partial charge < -0.3 is 9.80 Å². The first kappa shape index (κ1) is 58.0. The molecule has 0 fully saturated rings. The Hall–Kier alpha value is -10.1. The van der Waals surface area contributed by atoms with Crippen molar-refractivity contribution in [2.45, 2.75) is 105 Å². The summed E-state index contributed by atoms with van der Waals surface area (Å²) >= 11 is 0. The van der Waals surface area contributed by atoms with Crippen LogP contribution >= 0.6 is 0 Å². The highest BCUT2D eigenvalue weighted by Crippen LogP contribution is 2.51. The smallest absolute Gasteiger partial charge is 0.252 e. The van der Waals surface area contributed by atoms with Gasteiger partial charge in [-0.3, -0.25) is 0 Å². The third-order valence-corrected chi connectivity index (χ3v) is 19.9. The van der Waals surface area contributed by atoms with Crippen LogP contribution in [0.25, 0.3) is 98.9 Å². The van der Waals surface area contributed by atoms with E-state index in [1.807, 2.05) is 0 Å². The summed E-state index contributed by atoms with van der Waals surface area (Å²) in [7, 11) is 0. The number of para-hydroxylation sites is 1. The Labute approximate surface area is 548 Å². The summed E-state index contributed by atoms with van der Waals surface area (Å²) in [5, 5.41) is 10.8. The van der Waals surface area contributed by atoms with Crippen LogP contribution in [0.5, 0.6) is 0 Å². The van der Waals surface area contributed by atoms with Crippen molar-refractivity contribution in [1.82, 2.24) is 9.97 Å². The Morgan fingerprint density at radius 3 is 1.11 bits per heavy atom. The van der Waals surface area contributed by atoms with Crippen LogP contribution in [-0.4, -0.2) is 16.7 Å². The van der Waals surface area contributed by atoms with E-state index >= 15 is 0 Å². The van der Waals surface area contributed by atoms with Gasteiger partial charge in [-0.1, -0.05) is 259 Å². The highest BCUT2D eigenvalue weighted by molar-refractivity contribution is 7.00. The number of nitrogens with zero attached hydrogens (tertiary/aromatic N) is 4. The molecule has 0 aliphatic carbocycles. The first-order valence-electron chi connectivity index (χ1n) is 33.1. The fraction of sp³-hybridized carbons (Fsp3) is 0.182. The predicted octanol–water partition coefficient (Wildman–Crippen LogP) is 22.2. The van der Waals surface area contributed by atoms with E-state index in [-0.39, 0.29) is 28.4 Å². The van der Waals surface area contributed by atoms with Gasteiger partial charge in [0.2, 0.25) is 0 Å². The molecule has 0 spiro atoms. The van der Waals surface area contributed by atoms with Crippen molar-refractivity contribution in [2.24, 2.45) is 0 Å². The number of hydrogen-bond acceptors (Lipinski definition) is 4. The second-order valence-electron chi connectivity index (χ2n) is 30.4. The molecular formula is C88H77BN4. The summed E-state index contributed by atoms with van der Waals surface area (Å²) in [4.78, 5) is 16.8. The fourth-order valence-electron chi connectivity index (χ4n) is 14.7. The molecule has 2 aliphatic rings.